The van der Waals surface area contributed by atoms with Crippen LogP contribution in [0.15, 0.2) is 23.5 Å². The van der Waals surface area contributed by atoms with Gasteiger partial charge < -0.3 is 15.8 Å². The summed E-state index contributed by atoms with van der Waals surface area (Å²) in [4.78, 5) is 6.58. The Morgan fingerprint density at radius 3 is 3.06 bits per heavy atom. The van der Waals surface area contributed by atoms with E-state index in [1.165, 1.54) is 0 Å². The van der Waals surface area contributed by atoms with Gasteiger partial charge in [-0.15, -0.1) is 0 Å². The molecule has 0 aliphatic carbocycles. The van der Waals surface area contributed by atoms with Crippen LogP contribution in [0.1, 0.15) is 19.4 Å². The zero-order chi connectivity index (χ0) is 13.2. The number of hydrogen-bond donors (Lipinski definition) is 2. The van der Waals surface area contributed by atoms with Crippen molar-refractivity contribution in [3.63, 3.8) is 0 Å². The quantitative estimate of drug-likeness (QED) is 0.367. The molecule has 98 valence electrons. The third-order valence-electron chi connectivity index (χ3n) is 2.90. The van der Waals surface area contributed by atoms with Crippen molar-refractivity contribution in [2.75, 3.05) is 23.7 Å². The van der Waals surface area contributed by atoms with E-state index in [4.69, 9.17) is 10.9 Å². The van der Waals surface area contributed by atoms with Crippen LogP contribution in [-0.4, -0.2) is 39.6 Å². The highest BCUT2D eigenvalue weighted by atomic mass is 32.2. The Morgan fingerprint density at radius 1 is 1.61 bits per heavy atom. The van der Waals surface area contributed by atoms with Crippen molar-refractivity contribution in [2.45, 2.75) is 18.6 Å². The second kappa shape index (κ2) is 5.06. The Bertz CT molecular complexity index is 461. The highest BCUT2D eigenvalue weighted by Crippen LogP contribution is 2.32. The molecule has 2 rings (SSSR count). The van der Waals surface area contributed by atoms with E-state index < -0.39 is 0 Å². The number of rotatable bonds is 2. The van der Waals surface area contributed by atoms with E-state index in [1.54, 1.807) is 12.3 Å². The summed E-state index contributed by atoms with van der Waals surface area (Å²) in [7, 11) is 0. The second-order valence-electron chi connectivity index (χ2n) is 4.89. The van der Waals surface area contributed by atoms with E-state index in [2.05, 4.69) is 28.9 Å². The van der Waals surface area contributed by atoms with Gasteiger partial charge in [0.15, 0.2) is 5.84 Å². The third kappa shape index (κ3) is 2.69. The van der Waals surface area contributed by atoms with Crippen LogP contribution >= 0.6 is 11.8 Å². The van der Waals surface area contributed by atoms with Gasteiger partial charge in [0, 0.05) is 29.8 Å². The lowest BCUT2D eigenvalue weighted by atomic mass is 10.1. The van der Waals surface area contributed by atoms with Crippen molar-refractivity contribution in [3.05, 3.63) is 23.9 Å². The smallest absolute Gasteiger partial charge is 0.173 e. The molecule has 1 saturated heterocycles. The first-order chi connectivity index (χ1) is 8.53. The molecule has 1 aliphatic rings. The summed E-state index contributed by atoms with van der Waals surface area (Å²) in [5, 5.41) is 11.9. The van der Waals surface area contributed by atoms with Gasteiger partial charge in [0.25, 0.3) is 0 Å². The maximum Gasteiger partial charge on any atom is 0.173 e. The van der Waals surface area contributed by atoms with Crippen molar-refractivity contribution >= 4 is 23.4 Å². The Morgan fingerprint density at radius 2 is 2.39 bits per heavy atom. The van der Waals surface area contributed by atoms with Crippen molar-refractivity contribution < 1.29 is 5.21 Å². The Labute approximate surface area is 111 Å². The molecule has 0 spiro atoms. The number of thioether (sulfide) groups is 1. The first-order valence-corrected chi connectivity index (χ1v) is 6.84. The molecule has 6 heteroatoms. The molecule has 2 heterocycles. The van der Waals surface area contributed by atoms with Crippen molar-refractivity contribution in [1.29, 1.82) is 0 Å². The van der Waals surface area contributed by atoms with Crippen LogP contribution in [0.4, 0.5) is 5.82 Å². The van der Waals surface area contributed by atoms with Crippen molar-refractivity contribution in [2.24, 2.45) is 10.9 Å². The summed E-state index contributed by atoms with van der Waals surface area (Å²) in [5.74, 6) is 1.95. The number of anilines is 1. The molecule has 0 radical (unpaired) electrons. The molecule has 0 bridgehead atoms. The van der Waals surface area contributed by atoms with E-state index >= 15 is 0 Å². The van der Waals surface area contributed by atoms with Crippen LogP contribution in [0.5, 0.6) is 0 Å². The number of pyridine rings is 1. The van der Waals surface area contributed by atoms with Gasteiger partial charge >= 0.3 is 0 Å². The van der Waals surface area contributed by atoms with Crippen molar-refractivity contribution in [3.8, 4) is 0 Å². The third-order valence-corrected chi connectivity index (χ3v) is 4.19. The zero-order valence-corrected chi connectivity index (χ0v) is 11.4. The molecule has 1 aromatic rings. The molecule has 0 atom stereocenters. The highest BCUT2D eigenvalue weighted by molar-refractivity contribution is 8.00. The molecule has 18 heavy (non-hydrogen) atoms. The van der Waals surface area contributed by atoms with E-state index in [0.29, 0.717) is 5.56 Å². The first-order valence-electron chi connectivity index (χ1n) is 5.85. The molecule has 0 saturated carbocycles. The van der Waals surface area contributed by atoms with Gasteiger partial charge in [0.05, 0.1) is 5.56 Å². The van der Waals surface area contributed by atoms with Gasteiger partial charge in [0.1, 0.15) is 5.82 Å². The molecule has 1 aromatic heterocycles. The number of amidine groups is 1. The van der Waals surface area contributed by atoms with Crippen LogP contribution in [-0.2, 0) is 0 Å². The van der Waals surface area contributed by atoms with E-state index in [9.17, 15) is 0 Å². The van der Waals surface area contributed by atoms with E-state index in [1.807, 2.05) is 17.8 Å². The predicted molar refractivity (Wildman–Crippen MR) is 75.5 cm³/mol. The average Bonchev–Trinajstić information content (AvgIpc) is 2.36. The lowest BCUT2D eigenvalue weighted by molar-refractivity contribution is 0.318. The SMILES string of the molecule is CC1(C)CN(c2ncccc2/C(N)=N/O)CCS1. The summed E-state index contributed by atoms with van der Waals surface area (Å²) in [6.45, 7) is 6.27. The predicted octanol–water partition coefficient (Wildman–Crippen LogP) is 1.51. The van der Waals surface area contributed by atoms with Crippen LogP contribution in [0, 0.1) is 0 Å². The number of nitrogens with two attached hydrogens (primary N) is 1. The van der Waals surface area contributed by atoms with E-state index in [0.717, 1.165) is 24.7 Å². The maximum atomic E-state index is 8.83. The number of hydrogen-bond acceptors (Lipinski definition) is 5. The molecule has 1 fully saturated rings. The van der Waals surface area contributed by atoms with Crippen LogP contribution in [0.25, 0.3) is 0 Å². The fraction of sp³-hybridized carbons (Fsp3) is 0.500. The standard InChI is InChI=1S/C12H18N4OS/c1-12(2)8-16(6-7-18-12)11-9(10(13)15-17)4-3-5-14-11/h3-5,17H,6-8H2,1-2H3,(H2,13,15). The van der Waals surface area contributed by atoms with Gasteiger partial charge in [-0.05, 0) is 26.0 Å². The monoisotopic (exact) mass is 266 g/mol. The summed E-state index contributed by atoms with van der Waals surface area (Å²) in [6, 6.07) is 3.62. The van der Waals surface area contributed by atoms with Gasteiger partial charge in [-0.2, -0.15) is 11.8 Å². The molecular weight excluding hydrogens is 248 g/mol. The Kier molecular flexibility index (Phi) is 3.65. The minimum absolute atomic E-state index is 0.106. The summed E-state index contributed by atoms with van der Waals surface area (Å²) >= 11 is 1.96. The Hall–Kier alpha value is -1.43. The molecular formula is C12H18N4OS. The summed E-state index contributed by atoms with van der Waals surface area (Å²) in [5.41, 5.74) is 6.38. The lowest BCUT2D eigenvalue weighted by Crippen LogP contribution is -2.44. The van der Waals surface area contributed by atoms with Gasteiger partial charge in [0.2, 0.25) is 0 Å². The largest absolute Gasteiger partial charge is 0.409 e. The van der Waals surface area contributed by atoms with Crippen LogP contribution in [0.3, 0.4) is 0 Å². The molecule has 0 aromatic carbocycles. The highest BCUT2D eigenvalue weighted by Gasteiger charge is 2.29. The van der Waals surface area contributed by atoms with E-state index in [-0.39, 0.29) is 10.6 Å². The number of oxime groups is 1. The summed E-state index contributed by atoms with van der Waals surface area (Å²) < 4.78 is 0.193. The first kappa shape index (κ1) is 13.0. The zero-order valence-electron chi connectivity index (χ0n) is 10.6. The lowest BCUT2D eigenvalue weighted by Gasteiger charge is -2.38. The Balaban J connectivity index is 2.33. The number of nitrogens with zero attached hydrogens (tertiary/aromatic N) is 3. The molecule has 0 amide bonds. The fourth-order valence-corrected chi connectivity index (χ4v) is 3.21. The topological polar surface area (TPSA) is 74.7 Å². The summed E-state index contributed by atoms with van der Waals surface area (Å²) in [6.07, 6.45) is 1.73. The minimum Gasteiger partial charge on any atom is -0.409 e. The second-order valence-corrected chi connectivity index (χ2v) is 6.69. The molecule has 0 unspecified atom stereocenters. The molecule has 3 N–H and O–H groups in total. The molecule has 1 aliphatic heterocycles. The van der Waals surface area contributed by atoms with Crippen molar-refractivity contribution in [1.82, 2.24) is 4.98 Å². The van der Waals surface area contributed by atoms with Gasteiger partial charge in [-0.1, -0.05) is 5.16 Å². The molecule has 5 nitrogen and oxygen atoms in total. The van der Waals surface area contributed by atoms with Gasteiger partial charge in [-0.25, -0.2) is 4.98 Å². The number of aromatic nitrogens is 1. The minimum atomic E-state index is 0.106. The van der Waals surface area contributed by atoms with Gasteiger partial charge in [-0.3, -0.25) is 0 Å². The van der Waals surface area contributed by atoms with Crippen LogP contribution < -0.4 is 10.6 Å². The van der Waals surface area contributed by atoms with Crippen LogP contribution in [0.2, 0.25) is 0 Å². The normalized spacial score (nSPS) is 19.9. The maximum absolute atomic E-state index is 8.83. The fourth-order valence-electron chi connectivity index (χ4n) is 2.10. The average molecular weight is 266 g/mol.